The van der Waals surface area contributed by atoms with Gasteiger partial charge in [0.05, 0.1) is 24.5 Å². The zero-order valence-electron chi connectivity index (χ0n) is 23.5. The molecule has 0 spiro atoms. The maximum atomic E-state index is 13.7. The third-order valence-electron chi connectivity index (χ3n) is 7.25. The molecule has 13 heteroatoms. The van der Waals surface area contributed by atoms with Crippen molar-refractivity contribution in [1.82, 2.24) is 19.4 Å². The van der Waals surface area contributed by atoms with E-state index in [-0.39, 0.29) is 47.6 Å². The number of nitrogens with one attached hydrogen (secondary N) is 1. The van der Waals surface area contributed by atoms with Crippen molar-refractivity contribution in [2.45, 2.75) is 37.6 Å². The number of aromatic nitrogens is 2. The number of carbonyl (C=O) groups is 1. The number of anilines is 1. The molecule has 0 unspecified atom stereocenters. The summed E-state index contributed by atoms with van der Waals surface area (Å²) >= 11 is 0. The Kier molecular flexibility index (Phi) is 8.11. The summed E-state index contributed by atoms with van der Waals surface area (Å²) in [7, 11) is -0.298. The van der Waals surface area contributed by atoms with Gasteiger partial charge in [-0.3, -0.25) is 14.4 Å². The van der Waals surface area contributed by atoms with Crippen LogP contribution in [0.5, 0.6) is 17.2 Å². The van der Waals surface area contributed by atoms with Crippen LogP contribution in [0.25, 0.3) is 0 Å². The number of hydrogen-bond donors (Lipinski definition) is 2. The summed E-state index contributed by atoms with van der Waals surface area (Å²) < 4.78 is 47.1. The SMILES string of the molecule is C[C@@H]1CN([C@@H](C)CO)C(=O)c2cc(NS(=O)(=O)c3cn(C)cn3)ccc2O[C@H]1CN(C)Cc1ccc2c(c1)OCO2. The highest BCUT2D eigenvalue weighted by Gasteiger charge is 2.34. The van der Waals surface area contributed by atoms with Crippen molar-refractivity contribution in [3.8, 4) is 17.2 Å². The summed E-state index contributed by atoms with van der Waals surface area (Å²) in [6.07, 6.45) is 2.48. The third kappa shape index (κ3) is 6.26. The number of ether oxygens (including phenoxy) is 3. The molecular weight excluding hydrogens is 550 g/mol. The van der Waals surface area contributed by atoms with Gasteiger partial charge in [0.2, 0.25) is 6.79 Å². The lowest BCUT2D eigenvalue weighted by Crippen LogP contribution is -2.49. The first kappa shape index (κ1) is 28.7. The Labute approximate surface area is 239 Å². The van der Waals surface area contributed by atoms with Crippen LogP contribution in [-0.4, -0.2) is 84.5 Å². The highest BCUT2D eigenvalue weighted by Crippen LogP contribution is 2.34. The Balaban J connectivity index is 1.40. The predicted molar refractivity (Wildman–Crippen MR) is 151 cm³/mol. The zero-order chi connectivity index (χ0) is 29.3. The van der Waals surface area contributed by atoms with Crippen molar-refractivity contribution < 1.29 is 32.5 Å². The molecule has 0 radical (unpaired) electrons. The Morgan fingerprint density at radius 3 is 2.66 bits per heavy atom. The first-order valence-corrected chi connectivity index (χ1v) is 14.8. The van der Waals surface area contributed by atoms with Gasteiger partial charge in [-0.05, 0) is 49.9 Å². The van der Waals surface area contributed by atoms with Gasteiger partial charge in [-0.1, -0.05) is 13.0 Å². The number of rotatable bonds is 9. The van der Waals surface area contributed by atoms with Crippen molar-refractivity contribution in [2.24, 2.45) is 13.0 Å². The number of sulfonamides is 1. The number of nitrogens with zero attached hydrogens (tertiary/aromatic N) is 4. The molecule has 0 saturated heterocycles. The average Bonchev–Trinajstić information content (AvgIpc) is 3.59. The molecule has 1 aromatic heterocycles. The number of imidazole rings is 1. The third-order valence-corrected chi connectivity index (χ3v) is 8.52. The van der Waals surface area contributed by atoms with E-state index in [1.54, 1.807) is 31.0 Å². The second kappa shape index (κ2) is 11.6. The van der Waals surface area contributed by atoms with E-state index < -0.39 is 16.1 Å². The number of benzene rings is 2. The van der Waals surface area contributed by atoms with Crippen LogP contribution in [0.1, 0.15) is 29.8 Å². The van der Waals surface area contributed by atoms with Crippen LogP contribution in [0.2, 0.25) is 0 Å². The van der Waals surface area contributed by atoms with Gasteiger partial charge in [-0.15, -0.1) is 0 Å². The van der Waals surface area contributed by atoms with E-state index in [1.165, 1.54) is 23.2 Å². The van der Waals surface area contributed by atoms with E-state index in [1.807, 2.05) is 32.2 Å². The molecule has 0 aliphatic carbocycles. The molecule has 3 atom stereocenters. The number of aliphatic hydroxyl groups is 1. The van der Waals surface area contributed by atoms with Crippen molar-refractivity contribution in [1.29, 1.82) is 0 Å². The van der Waals surface area contributed by atoms with Gasteiger partial charge < -0.3 is 28.8 Å². The Morgan fingerprint density at radius 2 is 1.93 bits per heavy atom. The lowest BCUT2D eigenvalue weighted by molar-refractivity contribution is 0.0341. The Morgan fingerprint density at radius 1 is 1.17 bits per heavy atom. The van der Waals surface area contributed by atoms with Crippen LogP contribution in [-0.2, 0) is 23.6 Å². The monoisotopic (exact) mass is 585 g/mol. The molecular formula is C28H35N5O7S. The summed E-state index contributed by atoms with van der Waals surface area (Å²) in [5.41, 5.74) is 1.47. The Hall–Kier alpha value is -3.81. The molecule has 0 saturated carbocycles. The lowest BCUT2D eigenvalue weighted by Gasteiger charge is -2.38. The van der Waals surface area contributed by atoms with Crippen molar-refractivity contribution in [3.05, 3.63) is 60.0 Å². The number of fused-ring (bicyclic) bond motifs is 2. The highest BCUT2D eigenvalue weighted by molar-refractivity contribution is 7.92. The minimum absolute atomic E-state index is 0.0670. The van der Waals surface area contributed by atoms with Gasteiger partial charge in [0.15, 0.2) is 16.5 Å². The molecule has 12 nitrogen and oxygen atoms in total. The van der Waals surface area contributed by atoms with Crippen molar-refractivity contribution >= 4 is 21.6 Å². The summed E-state index contributed by atoms with van der Waals surface area (Å²) in [4.78, 5) is 21.4. The Bertz CT molecular complexity index is 1530. The molecule has 2 aromatic carbocycles. The summed E-state index contributed by atoms with van der Waals surface area (Å²) in [6, 6.07) is 10.1. The van der Waals surface area contributed by atoms with Crippen LogP contribution < -0.4 is 18.9 Å². The summed E-state index contributed by atoms with van der Waals surface area (Å²) in [5, 5.41) is 9.79. The largest absolute Gasteiger partial charge is 0.488 e. The van der Waals surface area contributed by atoms with Crippen molar-refractivity contribution in [2.75, 3.05) is 38.3 Å². The molecule has 220 valence electrons. The highest BCUT2D eigenvalue weighted by atomic mass is 32.2. The molecule has 0 fully saturated rings. The molecule has 2 aliphatic heterocycles. The van der Waals surface area contributed by atoms with E-state index in [2.05, 4.69) is 14.6 Å². The van der Waals surface area contributed by atoms with E-state index in [4.69, 9.17) is 14.2 Å². The molecule has 2 N–H and O–H groups in total. The van der Waals surface area contributed by atoms with E-state index in [0.29, 0.717) is 25.4 Å². The molecule has 1 amide bonds. The van der Waals surface area contributed by atoms with Gasteiger partial charge in [0.25, 0.3) is 15.9 Å². The fraction of sp³-hybridized carbons (Fsp3) is 0.429. The smallest absolute Gasteiger partial charge is 0.280 e. The first-order chi connectivity index (χ1) is 19.5. The molecule has 2 aliphatic rings. The molecule has 3 aromatic rings. The quantitative estimate of drug-likeness (QED) is 0.388. The number of carbonyl (C=O) groups excluding carboxylic acids is 1. The number of aryl methyl sites for hydroxylation is 1. The maximum absolute atomic E-state index is 13.7. The lowest BCUT2D eigenvalue weighted by atomic mass is 9.99. The van der Waals surface area contributed by atoms with E-state index in [9.17, 15) is 18.3 Å². The van der Waals surface area contributed by atoms with Gasteiger partial charge in [-0.2, -0.15) is 8.42 Å². The molecule has 0 bridgehead atoms. The number of likely N-dealkylation sites (N-methyl/N-ethyl adjacent to an activating group) is 1. The van der Waals surface area contributed by atoms with Crippen LogP contribution in [0.3, 0.4) is 0 Å². The minimum Gasteiger partial charge on any atom is -0.488 e. The normalized spacial score (nSPS) is 19.4. The van der Waals surface area contributed by atoms with Gasteiger partial charge in [0, 0.05) is 44.5 Å². The van der Waals surface area contributed by atoms with E-state index in [0.717, 1.165) is 17.1 Å². The van der Waals surface area contributed by atoms with Gasteiger partial charge in [-0.25, -0.2) is 4.98 Å². The molecule has 41 heavy (non-hydrogen) atoms. The van der Waals surface area contributed by atoms with Crippen molar-refractivity contribution in [3.63, 3.8) is 0 Å². The predicted octanol–water partition coefficient (Wildman–Crippen LogP) is 2.30. The molecule has 3 heterocycles. The minimum atomic E-state index is -3.97. The number of hydrogen-bond acceptors (Lipinski definition) is 9. The first-order valence-electron chi connectivity index (χ1n) is 13.3. The number of amides is 1. The fourth-order valence-corrected chi connectivity index (χ4v) is 5.99. The zero-order valence-corrected chi connectivity index (χ0v) is 24.3. The standard InChI is InChI=1S/C28H35N5O7S/c1-18-11-33(19(2)15-34)28(35)22-10-21(30-41(36,37)27-14-32(4)16-29-27)6-8-23(22)40-26(18)13-31(3)12-20-5-7-24-25(9-20)39-17-38-24/h5-10,14,16,18-19,26,30,34H,11-13,15,17H2,1-4H3/t18-,19+,26+/m1/s1. The second-order valence-electron chi connectivity index (χ2n) is 10.7. The fourth-order valence-electron chi connectivity index (χ4n) is 4.96. The average molecular weight is 586 g/mol. The van der Waals surface area contributed by atoms with Crippen LogP contribution in [0.4, 0.5) is 5.69 Å². The van der Waals surface area contributed by atoms with Crippen LogP contribution in [0, 0.1) is 5.92 Å². The summed E-state index contributed by atoms with van der Waals surface area (Å²) in [5.74, 6) is 1.39. The van der Waals surface area contributed by atoms with Gasteiger partial charge >= 0.3 is 0 Å². The topological polar surface area (TPSA) is 135 Å². The number of aliphatic hydroxyl groups excluding tert-OH is 1. The van der Waals surface area contributed by atoms with Crippen LogP contribution in [0.15, 0.2) is 53.9 Å². The second-order valence-corrected chi connectivity index (χ2v) is 12.3. The van der Waals surface area contributed by atoms with E-state index >= 15 is 0 Å². The van der Waals surface area contributed by atoms with Gasteiger partial charge in [0.1, 0.15) is 11.9 Å². The van der Waals surface area contributed by atoms with Crippen LogP contribution >= 0.6 is 0 Å². The summed E-state index contributed by atoms with van der Waals surface area (Å²) in [6.45, 7) is 5.35. The molecule has 5 rings (SSSR count). The maximum Gasteiger partial charge on any atom is 0.280 e.